The van der Waals surface area contributed by atoms with Crippen LogP contribution >= 0.6 is 0 Å². The molecule has 1 saturated carbocycles. The number of sulfonamides is 1. The minimum Gasteiger partial charge on any atom is -0.463 e. The molecule has 2 fully saturated rings. The molecule has 3 rings (SSSR count). The summed E-state index contributed by atoms with van der Waals surface area (Å²) in [4.78, 5) is 11.4. The minimum absolute atomic E-state index is 0.0791. The number of carbonyl (C=O) groups is 1. The molecule has 0 amide bonds. The number of hydrogen-bond donors (Lipinski definition) is 0. The lowest BCUT2D eigenvalue weighted by atomic mass is 9.86. The number of esters is 1. The fourth-order valence-electron chi connectivity index (χ4n) is 3.45. The van der Waals surface area contributed by atoms with Crippen molar-refractivity contribution in [3.05, 3.63) is 17.9 Å². The Hall–Kier alpha value is -1.34. The Balaban J connectivity index is 1.86. The first-order chi connectivity index (χ1) is 10.0. The second kappa shape index (κ2) is 5.46. The molecular formula is C14H19NO5S. The fraction of sp³-hybridized carbons (Fsp3) is 0.643. The van der Waals surface area contributed by atoms with Gasteiger partial charge in [0.05, 0.1) is 7.11 Å². The summed E-state index contributed by atoms with van der Waals surface area (Å²) in [5.74, 6) is -0.299. The Bertz CT molecular complexity index is 636. The zero-order valence-electron chi connectivity index (χ0n) is 11.9. The van der Waals surface area contributed by atoms with E-state index in [2.05, 4.69) is 4.74 Å². The van der Waals surface area contributed by atoms with Crippen molar-refractivity contribution < 1.29 is 22.4 Å². The van der Waals surface area contributed by atoms with Crippen molar-refractivity contribution in [1.82, 2.24) is 4.31 Å². The first-order valence-corrected chi connectivity index (χ1v) is 8.68. The summed E-state index contributed by atoms with van der Waals surface area (Å²) >= 11 is 0. The van der Waals surface area contributed by atoms with E-state index in [1.165, 1.54) is 25.7 Å². The number of fused-ring (bicyclic) bond motifs is 1. The number of nitrogens with zero attached hydrogens (tertiary/aromatic N) is 1. The van der Waals surface area contributed by atoms with Gasteiger partial charge in [0.1, 0.15) is 0 Å². The van der Waals surface area contributed by atoms with Crippen LogP contribution in [0.3, 0.4) is 0 Å². The van der Waals surface area contributed by atoms with Gasteiger partial charge in [-0.05, 0) is 37.3 Å². The van der Waals surface area contributed by atoms with Gasteiger partial charge < -0.3 is 9.15 Å². The third-order valence-corrected chi connectivity index (χ3v) is 6.29. The van der Waals surface area contributed by atoms with Gasteiger partial charge in [0.15, 0.2) is 0 Å². The van der Waals surface area contributed by atoms with Crippen LogP contribution in [0.5, 0.6) is 0 Å². The summed E-state index contributed by atoms with van der Waals surface area (Å²) < 4.78 is 36.7. The molecule has 21 heavy (non-hydrogen) atoms. The van der Waals surface area contributed by atoms with Crippen LogP contribution in [0.15, 0.2) is 21.6 Å². The molecule has 0 radical (unpaired) electrons. The van der Waals surface area contributed by atoms with Crippen LogP contribution in [0, 0.1) is 5.92 Å². The number of methoxy groups -OCH3 is 1. The van der Waals surface area contributed by atoms with Gasteiger partial charge in [0.25, 0.3) is 10.0 Å². The summed E-state index contributed by atoms with van der Waals surface area (Å²) in [6, 6.07) is 2.75. The normalized spacial score (nSPS) is 26.5. The largest absolute Gasteiger partial charge is 0.463 e. The van der Waals surface area contributed by atoms with E-state index in [9.17, 15) is 13.2 Å². The fourth-order valence-corrected chi connectivity index (χ4v) is 5.09. The topological polar surface area (TPSA) is 76.8 Å². The third kappa shape index (κ3) is 2.48. The van der Waals surface area contributed by atoms with Crippen LogP contribution in [0.25, 0.3) is 0 Å². The zero-order valence-corrected chi connectivity index (χ0v) is 12.8. The predicted molar refractivity (Wildman–Crippen MR) is 74.3 cm³/mol. The number of furan rings is 1. The Morgan fingerprint density at radius 2 is 2.05 bits per heavy atom. The highest BCUT2D eigenvalue weighted by Crippen LogP contribution is 2.39. The van der Waals surface area contributed by atoms with E-state index >= 15 is 0 Å². The molecule has 6 nitrogen and oxygen atoms in total. The quantitative estimate of drug-likeness (QED) is 0.798. The third-order valence-electron chi connectivity index (χ3n) is 4.49. The van der Waals surface area contributed by atoms with Crippen LogP contribution in [0.2, 0.25) is 0 Å². The van der Waals surface area contributed by atoms with E-state index in [-0.39, 0.29) is 16.9 Å². The molecule has 2 heterocycles. The molecule has 1 aromatic rings. The molecule has 7 heteroatoms. The van der Waals surface area contributed by atoms with Crippen LogP contribution in [0.4, 0.5) is 0 Å². The zero-order chi connectivity index (χ0) is 15.0. The summed E-state index contributed by atoms with van der Waals surface area (Å²) in [5, 5.41) is -0.172. The molecule has 1 aliphatic carbocycles. The standard InChI is InChI=1S/C14H19NO5S/c1-19-14(16)12-6-7-13(20-12)21(17,18)15-9-8-10-4-2-3-5-11(10)15/h6-7,10-11H,2-5,8-9H2,1H3/t10-,11-/m0/s1. The minimum atomic E-state index is -3.67. The van der Waals surface area contributed by atoms with Gasteiger partial charge in [0.2, 0.25) is 10.9 Å². The van der Waals surface area contributed by atoms with Gasteiger partial charge in [-0.1, -0.05) is 12.8 Å². The van der Waals surface area contributed by atoms with Crippen molar-refractivity contribution in [3.8, 4) is 0 Å². The van der Waals surface area contributed by atoms with Gasteiger partial charge in [-0.15, -0.1) is 0 Å². The molecule has 0 aromatic carbocycles. The molecule has 2 atom stereocenters. The van der Waals surface area contributed by atoms with Gasteiger partial charge in [-0.3, -0.25) is 0 Å². The second-order valence-corrected chi connectivity index (χ2v) is 7.45. The van der Waals surface area contributed by atoms with Crippen molar-refractivity contribution in [2.45, 2.75) is 43.2 Å². The van der Waals surface area contributed by atoms with E-state index in [0.29, 0.717) is 12.5 Å². The lowest BCUT2D eigenvalue weighted by Crippen LogP contribution is -2.39. The van der Waals surface area contributed by atoms with Gasteiger partial charge >= 0.3 is 5.97 Å². The molecule has 1 saturated heterocycles. The SMILES string of the molecule is COC(=O)c1ccc(S(=O)(=O)N2CC[C@@H]3CCCC[C@@H]32)o1. The highest BCUT2D eigenvalue weighted by atomic mass is 32.2. The van der Waals surface area contributed by atoms with Gasteiger partial charge in [0, 0.05) is 12.6 Å². The lowest BCUT2D eigenvalue weighted by molar-refractivity contribution is 0.0558. The molecule has 0 bridgehead atoms. The Kier molecular flexibility index (Phi) is 3.79. The van der Waals surface area contributed by atoms with E-state index in [1.54, 1.807) is 4.31 Å². The second-order valence-electron chi connectivity index (χ2n) is 5.63. The van der Waals surface area contributed by atoms with E-state index in [4.69, 9.17) is 4.42 Å². The number of carbonyl (C=O) groups excluding carboxylic acids is 1. The number of ether oxygens (including phenoxy) is 1. The van der Waals surface area contributed by atoms with E-state index in [1.807, 2.05) is 0 Å². The molecule has 1 aliphatic heterocycles. The van der Waals surface area contributed by atoms with Crippen LogP contribution in [-0.4, -0.2) is 38.4 Å². The maximum absolute atomic E-state index is 12.7. The van der Waals surface area contributed by atoms with E-state index < -0.39 is 16.0 Å². The smallest absolute Gasteiger partial charge is 0.374 e. The van der Waals surface area contributed by atoms with Crippen LogP contribution in [0.1, 0.15) is 42.7 Å². The average Bonchev–Trinajstić information content (AvgIpc) is 3.13. The van der Waals surface area contributed by atoms with Crippen molar-refractivity contribution in [1.29, 1.82) is 0 Å². The average molecular weight is 313 g/mol. The first-order valence-electron chi connectivity index (χ1n) is 7.24. The van der Waals surface area contributed by atoms with Gasteiger partial charge in [-0.2, -0.15) is 4.31 Å². The molecule has 1 aromatic heterocycles. The van der Waals surface area contributed by atoms with Gasteiger partial charge in [-0.25, -0.2) is 13.2 Å². The summed E-state index contributed by atoms with van der Waals surface area (Å²) in [5.41, 5.74) is 0. The monoisotopic (exact) mass is 313 g/mol. The highest BCUT2D eigenvalue weighted by molar-refractivity contribution is 7.89. The summed E-state index contributed by atoms with van der Waals surface area (Å²) in [7, 11) is -2.44. The molecular weight excluding hydrogens is 294 g/mol. The van der Waals surface area contributed by atoms with Crippen molar-refractivity contribution in [2.24, 2.45) is 5.92 Å². The van der Waals surface area contributed by atoms with Crippen LogP contribution in [-0.2, 0) is 14.8 Å². The van der Waals surface area contributed by atoms with Crippen molar-refractivity contribution >= 4 is 16.0 Å². The van der Waals surface area contributed by atoms with Crippen LogP contribution < -0.4 is 0 Å². The first kappa shape index (κ1) is 14.6. The molecule has 0 N–H and O–H groups in total. The number of hydrogen-bond acceptors (Lipinski definition) is 5. The van der Waals surface area contributed by atoms with Crippen molar-refractivity contribution in [3.63, 3.8) is 0 Å². The van der Waals surface area contributed by atoms with E-state index in [0.717, 1.165) is 25.7 Å². The maximum Gasteiger partial charge on any atom is 0.374 e. The summed E-state index contributed by atoms with van der Waals surface area (Å²) in [6.45, 7) is 0.534. The number of rotatable bonds is 3. The Labute approximate surface area is 124 Å². The van der Waals surface area contributed by atoms with Crippen molar-refractivity contribution in [2.75, 3.05) is 13.7 Å². The molecule has 0 spiro atoms. The molecule has 2 aliphatic rings. The molecule has 116 valence electrons. The molecule has 0 unspecified atom stereocenters. The lowest BCUT2D eigenvalue weighted by Gasteiger charge is -2.30. The highest BCUT2D eigenvalue weighted by Gasteiger charge is 2.43. The maximum atomic E-state index is 12.7. The Morgan fingerprint density at radius 1 is 1.29 bits per heavy atom. The predicted octanol–water partition coefficient (Wildman–Crippen LogP) is 2.02. The Morgan fingerprint density at radius 3 is 2.81 bits per heavy atom. The summed E-state index contributed by atoms with van der Waals surface area (Å²) in [6.07, 6.45) is 5.17.